The second-order valence-electron chi connectivity index (χ2n) is 3.77. The van der Waals surface area contributed by atoms with E-state index < -0.39 is 0 Å². The summed E-state index contributed by atoms with van der Waals surface area (Å²) in [6, 6.07) is 9.71. The summed E-state index contributed by atoms with van der Waals surface area (Å²) in [7, 11) is 1.65. The minimum absolute atomic E-state index is 0.0504. The topological polar surface area (TPSA) is 60.4 Å². The molecular weight excluding hydrogens is 204 g/mol. The van der Waals surface area contributed by atoms with Crippen molar-refractivity contribution in [2.24, 2.45) is 5.84 Å². The van der Waals surface area contributed by atoms with Crippen molar-refractivity contribution < 1.29 is 9.15 Å². The van der Waals surface area contributed by atoms with Gasteiger partial charge in [-0.15, -0.1) is 0 Å². The van der Waals surface area contributed by atoms with Crippen LogP contribution in [0.25, 0.3) is 11.0 Å². The van der Waals surface area contributed by atoms with Gasteiger partial charge in [0.15, 0.2) is 0 Å². The van der Waals surface area contributed by atoms with E-state index in [4.69, 9.17) is 15.0 Å². The number of nitrogens with two attached hydrogens (primary N) is 1. The summed E-state index contributed by atoms with van der Waals surface area (Å²) in [5.74, 6) is 6.30. The third kappa shape index (κ3) is 1.95. The largest absolute Gasteiger partial charge is 0.459 e. The van der Waals surface area contributed by atoms with E-state index in [0.29, 0.717) is 0 Å². The minimum atomic E-state index is -0.141. The Balaban J connectivity index is 2.37. The molecule has 0 amide bonds. The Bertz CT molecular complexity index is 434. The number of fused-ring (bicyclic) bond motifs is 1. The van der Waals surface area contributed by atoms with E-state index in [2.05, 4.69) is 5.43 Å². The van der Waals surface area contributed by atoms with Crippen molar-refractivity contribution in [3.63, 3.8) is 0 Å². The molecule has 0 saturated heterocycles. The number of furan rings is 1. The van der Waals surface area contributed by atoms with Gasteiger partial charge >= 0.3 is 0 Å². The standard InChI is InChI=1S/C12H16N2O2/c1-8(15-2)12(14-13)11-7-9-5-3-4-6-10(9)16-11/h3-8,12,14H,13H2,1-2H3. The van der Waals surface area contributed by atoms with Crippen molar-refractivity contribution in [2.45, 2.75) is 19.1 Å². The van der Waals surface area contributed by atoms with Gasteiger partial charge in [-0.2, -0.15) is 0 Å². The van der Waals surface area contributed by atoms with Crippen molar-refractivity contribution in [1.29, 1.82) is 0 Å². The Morgan fingerprint density at radius 1 is 1.38 bits per heavy atom. The zero-order valence-corrected chi connectivity index (χ0v) is 9.44. The molecule has 2 atom stereocenters. The number of nitrogens with one attached hydrogen (secondary N) is 1. The zero-order chi connectivity index (χ0) is 11.5. The van der Waals surface area contributed by atoms with Crippen LogP contribution in [-0.4, -0.2) is 13.2 Å². The molecule has 1 heterocycles. The molecule has 16 heavy (non-hydrogen) atoms. The van der Waals surface area contributed by atoms with E-state index in [-0.39, 0.29) is 12.1 Å². The lowest BCUT2D eigenvalue weighted by Crippen LogP contribution is -2.35. The maximum absolute atomic E-state index is 5.72. The second-order valence-corrected chi connectivity index (χ2v) is 3.77. The zero-order valence-electron chi connectivity index (χ0n) is 9.44. The van der Waals surface area contributed by atoms with Crippen LogP contribution in [0.5, 0.6) is 0 Å². The van der Waals surface area contributed by atoms with Gasteiger partial charge in [-0.25, -0.2) is 5.43 Å². The molecule has 4 nitrogen and oxygen atoms in total. The summed E-state index contributed by atoms with van der Waals surface area (Å²) in [6.07, 6.45) is -0.0504. The fourth-order valence-electron chi connectivity index (χ4n) is 1.74. The molecule has 0 saturated carbocycles. The fraction of sp³-hybridized carbons (Fsp3) is 0.333. The number of methoxy groups -OCH3 is 1. The molecule has 0 aliphatic rings. The lowest BCUT2D eigenvalue weighted by atomic mass is 10.1. The lowest BCUT2D eigenvalue weighted by molar-refractivity contribution is 0.0761. The van der Waals surface area contributed by atoms with Gasteiger partial charge in [0.25, 0.3) is 0 Å². The molecule has 1 aromatic carbocycles. The van der Waals surface area contributed by atoms with Crippen molar-refractivity contribution in [3.05, 3.63) is 36.1 Å². The summed E-state index contributed by atoms with van der Waals surface area (Å²) in [5.41, 5.74) is 3.57. The van der Waals surface area contributed by atoms with Crippen molar-refractivity contribution in [3.8, 4) is 0 Å². The van der Waals surface area contributed by atoms with Gasteiger partial charge in [-0.05, 0) is 19.1 Å². The lowest BCUT2D eigenvalue weighted by Gasteiger charge is -2.19. The van der Waals surface area contributed by atoms with Crippen LogP contribution >= 0.6 is 0 Å². The average Bonchev–Trinajstić information content (AvgIpc) is 2.72. The highest BCUT2D eigenvalue weighted by Gasteiger charge is 2.21. The first-order valence-corrected chi connectivity index (χ1v) is 5.23. The average molecular weight is 220 g/mol. The molecular formula is C12H16N2O2. The van der Waals surface area contributed by atoms with Crippen LogP contribution in [0, 0.1) is 0 Å². The second kappa shape index (κ2) is 4.65. The van der Waals surface area contributed by atoms with Gasteiger partial charge in [0.1, 0.15) is 17.4 Å². The first kappa shape index (κ1) is 11.1. The monoisotopic (exact) mass is 220 g/mol. The highest BCUT2D eigenvalue weighted by Crippen LogP contribution is 2.25. The van der Waals surface area contributed by atoms with Gasteiger partial charge in [-0.3, -0.25) is 5.84 Å². The van der Waals surface area contributed by atoms with Crippen LogP contribution in [-0.2, 0) is 4.74 Å². The molecule has 86 valence electrons. The predicted molar refractivity (Wildman–Crippen MR) is 62.7 cm³/mol. The number of benzene rings is 1. The molecule has 1 aromatic heterocycles. The van der Waals surface area contributed by atoms with E-state index in [1.165, 1.54) is 0 Å². The Morgan fingerprint density at radius 3 is 2.75 bits per heavy atom. The first-order valence-electron chi connectivity index (χ1n) is 5.23. The van der Waals surface area contributed by atoms with Gasteiger partial charge < -0.3 is 9.15 Å². The minimum Gasteiger partial charge on any atom is -0.459 e. The van der Waals surface area contributed by atoms with Gasteiger partial charge in [0.2, 0.25) is 0 Å². The van der Waals surface area contributed by atoms with Gasteiger partial charge in [-0.1, -0.05) is 18.2 Å². The van der Waals surface area contributed by atoms with Crippen molar-refractivity contribution >= 4 is 11.0 Å². The van der Waals surface area contributed by atoms with E-state index in [0.717, 1.165) is 16.7 Å². The van der Waals surface area contributed by atoms with Crippen LogP contribution in [0.2, 0.25) is 0 Å². The Kier molecular flexibility index (Phi) is 3.24. The van der Waals surface area contributed by atoms with Gasteiger partial charge in [0, 0.05) is 12.5 Å². The molecule has 2 aromatic rings. The number of ether oxygens (including phenoxy) is 1. The molecule has 0 spiro atoms. The number of rotatable bonds is 4. The summed E-state index contributed by atoms with van der Waals surface area (Å²) in [4.78, 5) is 0. The third-order valence-corrected chi connectivity index (χ3v) is 2.77. The molecule has 2 rings (SSSR count). The molecule has 4 heteroatoms. The summed E-state index contributed by atoms with van der Waals surface area (Å²) >= 11 is 0. The quantitative estimate of drug-likeness (QED) is 0.611. The molecule has 0 aliphatic heterocycles. The van der Waals surface area contributed by atoms with E-state index in [9.17, 15) is 0 Å². The molecule has 0 fully saturated rings. The van der Waals surface area contributed by atoms with E-state index in [1.54, 1.807) is 7.11 Å². The van der Waals surface area contributed by atoms with Crippen molar-refractivity contribution in [1.82, 2.24) is 5.43 Å². The predicted octanol–water partition coefficient (Wildman–Crippen LogP) is 1.97. The van der Waals surface area contributed by atoms with E-state index >= 15 is 0 Å². The van der Waals surface area contributed by atoms with Crippen LogP contribution in [0.15, 0.2) is 34.7 Å². The molecule has 0 aliphatic carbocycles. The van der Waals surface area contributed by atoms with Crippen LogP contribution < -0.4 is 11.3 Å². The number of hydrogen-bond donors (Lipinski definition) is 2. The molecule has 0 radical (unpaired) electrons. The van der Waals surface area contributed by atoms with Crippen LogP contribution in [0.1, 0.15) is 18.7 Å². The van der Waals surface area contributed by atoms with Crippen LogP contribution in [0.4, 0.5) is 0 Å². The Morgan fingerprint density at radius 2 is 2.12 bits per heavy atom. The third-order valence-electron chi connectivity index (χ3n) is 2.77. The van der Waals surface area contributed by atoms with Crippen molar-refractivity contribution in [2.75, 3.05) is 7.11 Å². The molecule has 0 bridgehead atoms. The van der Waals surface area contributed by atoms with E-state index in [1.807, 2.05) is 37.3 Å². The maximum Gasteiger partial charge on any atom is 0.134 e. The summed E-state index contributed by atoms with van der Waals surface area (Å²) < 4.78 is 11.0. The maximum atomic E-state index is 5.72. The summed E-state index contributed by atoms with van der Waals surface area (Å²) in [5, 5.41) is 1.07. The summed E-state index contributed by atoms with van der Waals surface area (Å²) in [6.45, 7) is 1.94. The highest BCUT2D eigenvalue weighted by molar-refractivity contribution is 5.77. The number of para-hydroxylation sites is 1. The number of hydrogen-bond acceptors (Lipinski definition) is 4. The normalized spacial score (nSPS) is 15.2. The smallest absolute Gasteiger partial charge is 0.134 e. The fourth-order valence-corrected chi connectivity index (χ4v) is 1.74. The first-order chi connectivity index (χ1) is 7.76. The Labute approximate surface area is 94.3 Å². The molecule has 2 unspecified atom stereocenters. The van der Waals surface area contributed by atoms with Gasteiger partial charge in [0.05, 0.1) is 6.10 Å². The molecule has 3 N–H and O–H groups in total. The number of hydrazine groups is 1. The Hall–Kier alpha value is -1.36. The highest BCUT2D eigenvalue weighted by atomic mass is 16.5. The SMILES string of the molecule is COC(C)C(NN)c1cc2ccccc2o1. The van der Waals surface area contributed by atoms with Crippen LogP contribution in [0.3, 0.4) is 0 Å².